The van der Waals surface area contributed by atoms with Gasteiger partial charge in [-0.3, -0.25) is 4.79 Å². The number of hydrogen-bond acceptors (Lipinski definition) is 7. The van der Waals surface area contributed by atoms with E-state index in [1.165, 1.54) is 0 Å². The summed E-state index contributed by atoms with van der Waals surface area (Å²) in [6.45, 7) is 6.44. The number of ether oxygens (including phenoxy) is 2. The molecule has 182 valence electrons. The second-order valence-corrected chi connectivity index (χ2v) is 10.4. The van der Waals surface area contributed by atoms with Crippen molar-refractivity contribution >= 4 is 49.8 Å². The molecule has 1 fully saturated rings. The van der Waals surface area contributed by atoms with E-state index in [1.807, 2.05) is 20.8 Å². The van der Waals surface area contributed by atoms with E-state index < -0.39 is 11.6 Å². The van der Waals surface area contributed by atoms with Crippen LogP contribution in [0.5, 0.6) is 0 Å². The number of rotatable bonds is 5. The molecule has 2 amide bonds. The van der Waals surface area contributed by atoms with Crippen LogP contribution in [-0.2, 0) is 16.1 Å². The molecule has 1 N–H and O–H groups in total. The van der Waals surface area contributed by atoms with Gasteiger partial charge in [0.05, 0.1) is 0 Å². The fourth-order valence-corrected chi connectivity index (χ4v) is 4.12. The highest BCUT2D eigenvalue weighted by Gasteiger charge is 2.28. The van der Waals surface area contributed by atoms with Crippen molar-refractivity contribution in [2.24, 2.45) is 0 Å². The average Bonchev–Trinajstić information content (AvgIpc) is 2.76. The predicted molar refractivity (Wildman–Crippen MR) is 131 cm³/mol. The number of hydrogen-bond donors (Lipinski definition) is 1. The van der Waals surface area contributed by atoms with E-state index in [1.54, 1.807) is 35.2 Å². The Balaban J connectivity index is 1.54. The van der Waals surface area contributed by atoms with E-state index in [9.17, 15) is 14.4 Å². The molecule has 0 aromatic carbocycles. The van der Waals surface area contributed by atoms with E-state index >= 15 is 0 Å². The number of likely N-dealkylation sites (tertiary alicyclic amines) is 1. The molecule has 3 heterocycles. The third-order valence-corrected chi connectivity index (χ3v) is 5.71. The Morgan fingerprint density at radius 1 is 1.06 bits per heavy atom. The maximum absolute atomic E-state index is 12.8. The smallest absolute Gasteiger partial charge is 0.410 e. The lowest BCUT2D eigenvalue weighted by molar-refractivity contribution is 0.0199. The Morgan fingerprint density at radius 2 is 1.74 bits per heavy atom. The fourth-order valence-electron chi connectivity index (χ4n) is 3.29. The molecule has 2 aromatic heterocycles. The van der Waals surface area contributed by atoms with Crippen molar-refractivity contribution in [2.45, 2.75) is 51.9 Å². The van der Waals surface area contributed by atoms with Gasteiger partial charge in [0.15, 0.2) is 0 Å². The number of nitrogens with one attached hydrogen (secondary N) is 1. The summed E-state index contributed by atoms with van der Waals surface area (Å²) in [5.41, 5.74) is 0.443. The molecule has 11 heteroatoms. The molecular formula is C23H26Br2N4O5. The highest BCUT2D eigenvalue weighted by Crippen LogP contribution is 2.18. The monoisotopic (exact) mass is 596 g/mol. The molecule has 34 heavy (non-hydrogen) atoms. The number of esters is 1. The number of halogens is 2. The van der Waals surface area contributed by atoms with Crippen LogP contribution in [0.3, 0.4) is 0 Å². The largest absolute Gasteiger partial charge is 0.456 e. The van der Waals surface area contributed by atoms with Gasteiger partial charge in [0.1, 0.15) is 32.8 Å². The quantitative estimate of drug-likeness (QED) is 0.399. The van der Waals surface area contributed by atoms with Crippen molar-refractivity contribution in [3.05, 3.63) is 56.5 Å². The third-order valence-electron chi connectivity index (χ3n) is 4.86. The van der Waals surface area contributed by atoms with Gasteiger partial charge in [0, 0.05) is 19.1 Å². The van der Waals surface area contributed by atoms with E-state index in [0.29, 0.717) is 40.7 Å². The molecule has 0 saturated carbocycles. The predicted octanol–water partition coefficient (Wildman–Crippen LogP) is 4.49. The maximum Gasteiger partial charge on any atom is 0.410 e. The van der Waals surface area contributed by atoms with Crippen LogP contribution in [0.1, 0.15) is 60.2 Å². The zero-order chi connectivity index (χ0) is 24.9. The molecule has 0 bridgehead atoms. The molecule has 1 saturated heterocycles. The number of nitrogens with zero attached hydrogens (tertiary/aromatic N) is 3. The van der Waals surface area contributed by atoms with Crippen molar-refractivity contribution in [1.82, 2.24) is 20.2 Å². The van der Waals surface area contributed by atoms with Gasteiger partial charge in [-0.05, 0) is 95.3 Å². The summed E-state index contributed by atoms with van der Waals surface area (Å²) in [4.78, 5) is 47.2. The lowest BCUT2D eigenvalue weighted by atomic mass is 10.1. The highest BCUT2D eigenvalue weighted by molar-refractivity contribution is 9.10. The van der Waals surface area contributed by atoms with Gasteiger partial charge in [-0.2, -0.15) is 0 Å². The highest BCUT2D eigenvalue weighted by atomic mass is 79.9. The van der Waals surface area contributed by atoms with Gasteiger partial charge in [0.25, 0.3) is 5.91 Å². The normalized spacial score (nSPS) is 14.4. The molecule has 3 rings (SSSR count). The molecule has 0 unspecified atom stereocenters. The summed E-state index contributed by atoms with van der Waals surface area (Å²) >= 11 is 6.53. The fraction of sp³-hybridized carbons (Fsp3) is 0.435. The number of carbonyl (C=O) groups is 3. The van der Waals surface area contributed by atoms with Crippen LogP contribution in [0.4, 0.5) is 4.79 Å². The first-order chi connectivity index (χ1) is 16.0. The summed E-state index contributed by atoms with van der Waals surface area (Å²) in [5.74, 6) is -0.907. The summed E-state index contributed by atoms with van der Waals surface area (Å²) in [6, 6.07) is 8.13. The number of amides is 2. The topological polar surface area (TPSA) is 111 Å². The zero-order valence-corrected chi connectivity index (χ0v) is 22.3. The van der Waals surface area contributed by atoms with Gasteiger partial charge in [-0.15, -0.1) is 0 Å². The van der Waals surface area contributed by atoms with Crippen LogP contribution in [0.2, 0.25) is 0 Å². The minimum Gasteiger partial charge on any atom is -0.456 e. The third kappa shape index (κ3) is 7.76. The van der Waals surface area contributed by atoms with Gasteiger partial charge in [0.2, 0.25) is 0 Å². The Hall–Kier alpha value is -2.53. The van der Waals surface area contributed by atoms with Crippen LogP contribution in [-0.4, -0.2) is 57.6 Å². The first-order valence-corrected chi connectivity index (χ1v) is 12.3. The molecular weight excluding hydrogens is 572 g/mol. The summed E-state index contributed by atoms with van der Waals surface area (Å²) in [6.07, 6.45) is 0.884. The number of aromatic nitrogens is 2. The molecule has 0 aliphatic carbocycles. The summed E-state index contributed by atoms with van der Waals surface area (Å²) in [5, 5.41) is 2.97. The minimum absolute atomic E-state index is 0.0390. The first kappa shape index (κ1) is 26.1. The Kier molecular flexibility index (Phi) is 8.64. The standard InChI is InChI=1S/C23H26Br2N4O5/c1-23(2,3)34-22(32)29-9-7-15(8-10-29)26-20(30)17-11-14(12-19(25)28-17)13-33-21(31)16-5-4-6-18(24)27-16/h4-6,11-12,15H,7-10,13H2,1-3H3,(H,26,30). The Morgan fingerprint density at radius 3 is 2.38 bits per heavy atom. The summed E-state index contributed by atoms with van der Waals surface area (Å²) in [7, 11) is 0. The lowest BCUT2D eigenvalue weighted by Crippen LogP contribution is -2.47. The minimum atomic E-state index is -0.572. The molecule has 0 atom stereocenters. The molecule has 0 spiro atoms. The van der Waals surface area contributed by atoms with E-state index in [0.717, 1.165) is 0 Å². The van der Waals surface area contributed by atoms with Crippen molar-refractivity contribution in [2.75, 3.05) is 13.1 Å². The van der Waals surface area contributed by atoms with Crippen molar-refractivity contribution in [3.63, 3.8) is 0 Å². The van der Waals surface area contributed by atoms with E-state index in [4.69, 9.17) is 9.47 Å². The van der Waals surface area contributed by atoms with Crippen LogP contribution < -0.4 is 5.32 Å². The summed E-state index contributed by atoms with van der Waals surface area (Å²) < 4.78 is 11.7. The van der Waals surface area contributed by atoms with Gasteiger partial charge < -0.3 is 19.7 Å². The van der Waals surface area contributed by atoms with E-state index in [-0.39, 0.29) is 36.0 Å². The zero-order valence-electron chi connectivity index (χ0n) is 19.1. The Labute approximate surface area is 214 Å². The number of carbonyl (C=O) groups excluding carboxylic acids is 3. The van der Waals surface area contributed by atoms with Crippen molar-refractivity contribution in [3.8, 4) is 0 Å². The van der Waals surface area contributed by atoms with Crippen LogP contribution in [0.15, 0.2) is 39.5 Å². The van der Waals surface area contributed by atoms with Gasteiger partial charge >= 0.3 is 12.1 Å². The van der Waals surface area contributed by atoms with Crippen LogP contribution in [0, 0.1) is 0 Å². The molecule has 1 aliphatic heterocycles. The molecule has 9 nitrogen and oxygen atoms in total. The van der Waals surface area contributed by atoms with Gasteiger partial charge in [-0.1, -0.05) is 6.07 Å². The second kappa shape index (κ2) is 11.3. The first-order valence-electron chi connectivity index (χ1n) is 10.7. The number of piperidine rings is 1. The molecule has 2 aromatic rings. The molecule has 0 radical (unpaired) electrons. The average molecular weight is 598 g/mol. The molecule has 1 aliphatic rings. The van der Waals surface area contributed by atoms with Crippen molar-refractivity contribution in [1.29, 1.82) is 0 Å². The van der Waals surface area contributed by atoms with Gasteiger partial charge in [-0.25, -0.2) is 19.6 Å². The SMILES string of the molecule is CC(C)(C)OC(=O)N1CCC(NC(=O)c2cc(COC(=O)c3cccc(Br)n3)cc(Br)n2)CC1. The van der Waals surface area contributed by atoms with Crippen molar-refractivity contribution < 1.29 is 23.9 Å². The lowest BCUT2D eigenvalue weighted by Gasteiger charge is -2.33. The number of pyridine rings is 2. The second-order valence-electron chi connectivity index (χ2n) is 8.82. The Bertz CT molecular complexity index is 1070. The maximum atomic E-state index is 12.8. The van der Waals surface area contributed by atoms with E-state index in [2.05, 4.69) is 47.1 Å². The van der Waals surface area contributed by atoms with Crippen LogP contribution in [0.25, 0.3) is 0 Å². The van der Waals surface area contributed by atoms with Crippen LogP contribution >= 0.6 is 31.9 Å².